The molecule has 128 valence electrons. The summed E-state index contributed by atoms with van der Waals surface area (Å²) in [7, 11) is -3.44. The molecule has 23 heavy (non-hydrogen) atoms. The normalized spacial score (nSPS) is 16.0. The van der Waals surface area contributed by atoms with Gasteiger partial charge in [-0.05, 0) is 43.0 Å². The second-order valence-corrected chi connectivity index (χ2v) is 7.95. The number of benzene rings is 1. The van der Waals surface area contributed by atoms with E-state index in [2.05, 4.69) is 5.32 Å². The maximum atomic E-state index is 12.4. The van der Waals surface area contributed by atoms with Crippen LogP contribution in [0, 0.1) is 5.92 Å². The van der Waals surface area contributed by atoms with Gasteiger partial charge in [-0.25, -0.2) is 8.42 Å². The van der Waals surface area contributed by atoms with Crippen LogP contribution in [0.1, 0.15) is 46.0 Å². The highest BCUT2D eigenvalue weighted by molar-refractivity contribution is 7.89. The lowest BCUT2D eigenvalue weighted by Crippen LogP contribution is -2.30. The fraction of sp³-hybridized carbons (Fsp3) is 0.588. The van der Waals surface area contributed by atoms with Crippen LogP contribution in [0.15, 0.2) is 29.2 Å². The number of carbonyl (C=O) groups is 1. The van der Waals surface area contributed by atoms with Gasteiger partial charge in [0.1, 0.15) is 0 Å². The van der Waals surface area contributed by atoms with Gasteiger partial charge >= 0.3 is 0 Å². The van der Waals surface area contributed by atoms with Crippen molar-refractivity contribution in [2.24, 2.45) is 5.92 Å². The molecule has 1 aliphatic carbocycles. The van der Waals surface area contributed by atoms with E-state index in [1.165, 1.54) is 17.1 Å². The number of hydrogen-bond donors (Lipinski definition) is 1. The number of nitrogens with zero attached hydrogens (tertiary/aromatic N) is 1. The third kappa shape index (κ3) is 4.54. The zero-order valence-corrected chi connectivity index (χ0v) is 14.7. The minimum absolute atomic E-state index is 0.0104. The van der Waals surface area contributed by atoms with E-state index in [4.69, 9.17) is 0 Å². The van der Waals surface area contributed by atoms with Crippen molar-refractivity contribution in [1.29, 1.82) is 0 Å². The summed E-state index contributed by atoms with van der Waals surface area (Å²) in [6.07, 6.45) is 5.26. The molecule has 2 rings (SSSR count). The van der Waals surface area contributed by atoms with Gasteiger partial charge in [0.2, 0.25) is 15.9 Å². The molecule has 1 aliphatic rings. The van der Waals surface area contributed by atoms with Crippen molar-refractivity contribution < 1.29 is 13.2 Å². The third-order valence-corrected chi connectivity index (χ3v) is 6.49. The first-order valence-corrected chi connectivity index (χ1v) is 9.81. The monoisotopic (exact) mass is 338 g/mol. The summed E-state index contributed by atoms with van der Waals surface area (Å²) in [6.45, 7) is 4.52. The van der Waals surface area contributed by atoms with Crippen LogP contribution in [0.25, 0.3) is 0 Å². The highest BCUT2D eigenvalue weighted by Gasteiger charge is 2.22. The minimum atomic E-state index is -3.44. The minimum Gasteiger partial charge on any atom is -0.326 e. The third-order valence-electron chi connectivity index (χ3n) is 4.43. The van der Waals surface area contributed by atoms with Gasteiger partial charge in [0.25, 0.3) is 0 Å². The Morgan fingerprint density at radius 1 is 1.13 bits per heavy atom. The first-order valence-electron chi connectivity index (χ1n) is 8.37. The standard InChI is InChI=1S/C17H26N2O3S/c1-3-19(4-2)23(21,22)16-11-9-15(10-12-16)18-17(20)13-14-7-5-6-8-14/h9-12,14H,3-8,13H2,1-2H3,(H,18,20). The summed E-state index contributed by atoms with van der Waals surface area (Å²) in [5.74, 6) is 0.508. The van der Waals surface area contributed by atoms with Gasteiger partial charge in [0.15, 0.2) is 0 Å². The lowest BCUT2D eigenvalue weighted by Gasteiger charge is -2.18. The van der Waals surface area contributed by atoms with E-state index in [-0.39, 0.29) is 10.8 Å². The van der Waals surface area contributed by atoms with Crippen LogP contribution in [0.2, 0.25) is 0 Å². The van der Waals surface area contributed by atoms with Crippen LogP contribution in [0.3, 0.4) is 0 Å². The van der Waals surface area contributed by atoms with Crippen molar-refractivity contribution in [2.45, 2.75) is 50.8 Å². The zero-order chi connectivity index (χ0) is 16.9. The van der Waals surface area contributed by atoms with Crippen LogP contribution >= 0.6 is 0 Å². The molecule has 0 unspecified atom stereocenters. The largest absolute Gasteiger partial charge is 0.326 e. The van der Waals surface area contributed by atoms with Crippen LogP contribution in [0.5, 0.6) is 0 Å². The average Bonchev–Trinajstić information content (AvgIpc) is 3.01. The van der Waals surface area contributed by atoms with Gasteiger partial charge in [-0.3, -0.25) is 4.79 Å². The molecular weight excluding hydrogens is 312 g/mol. The Hall–Kier alpha value is -1.40. The average molecular weight is 338 g/mol. The van der Waals surface area contributed by atoms with E-state index < -0.39 is 10.0 Å². The molecule has 0 bridgehead atoms. The fourth-order valence-corrected chi connectivity index (χ4v) is 4.57. The number of hydrogen-bond acceptors (Lipinski definition) is 3. The van der Waals surface area contributed by atoms with Crippen LogP contribution in [-0.2, 0) is 14.8 Å². The SMILES string of the molecule is CCN(CC)S(=O)(=O)c1ccc(NC(=O)CC2CCCC2)cc1. The Bertz CT molecular complexity index is 616. The number of sulfonamides is 1. The van der Waals surface area contributed by atoms with Gasteiger partial charge in [-0.1, -0.05) is 26.7 Å². The second kappa shape index (κ2) is 7.93. The molecule has 1 aromatic rings. The van der Waals surface area contributed by atoms with Crippen molar-refractivity contribution in [3.63, 3.8) is 0 Å². The summed E-state index contributed by atoms with van der Waals surface area (Å²) in [4.78, 5) is 12.3. The van der Waals surface area contributed by atoms with E-state index >= 15 is 0 Å². The summed E-state index contributed by atoms with van der Waals surface area (Å²) < 4.78 is 26.2. The van der Waals surface area contributed by atoms with Crippen molar-refractivity contribution >= 4 is 21.6 Å². The Kier molecular flexibility index (Phi) is 6.18. The molecule has 1 aromatic carbocycles. The number of anilines is 1. The number of nitrogens with one attached hydrogen (secondary N) is 1. The van der Waals surface area contributed by atoms with Gasteiger partial charge in [0.05, 0.1) is 4.90 Å². The van der Waals surface area contributed by atoms with Gasteiger partial charge < -0.3 is 5.32 Å². The number of rotatable bonds is 7. The Balaban J connectivity index is 2.00. The Labute approximate surface area is 139 Å². The molecule has 0 radical (unpaired) electrons. The molecular formula is C17H26N2O3S. The van der Waals surface area contributed by atoms with Crippen LogP contribution in [-0.4, -0.2) is 31.7 Å². The second-order valence-electron chi connectivity index (χ2n) is 6.02. The lowest BCUT2D eigenvalue weighted by atomic mass is 10.0. The van der Waals surface area contributed by atoms with E-state index in [1.807, 2.05) is 13.8 Å². The highest BCUT2D eigenvalue weighted by Crippen LogP contribution is 2.28. The molecule has 0 saturated heterocycles. The Morgan fingerprint density at radius 2 is 1.70 bits per heavy atom. The summed E-state index contributed by atoms with van der Waals surface area (Å²) >= 11 is 0. The van der Waals surface area contributed by atoms with E-state index in [9.17, 15) is 13.2 Å². The first-order chi connectivity index (χ1) is 11.0. The molecule has 0 aromatic heterocycles. The molecule has 1 N–H and O–H groups in total. The van der Waals surface area contributed by atoms with Crippen molar-refractivity contribution in [2.75, 3.05) is 18.4 Å². The molecule has 1 amide bonds. The quantitative estimate of drug-likeness (QED) is 0.830. The Morgan fingerprint density at radius 3 is 2.22 bits per heavy atom. The van der Waals surface area contributed by atoms with E-state index in [1.54, 1.807) is 24.3 Å². The molecule has 0 spiro atoms. The molecule has 0 atom stereocenters. The molecule has 5 nitrogen and oxygen atoms in total. The van der Waals surface area contributed by atoms with Gasteiger partial charge in [0, 0.05) is 25.2 Å². The highest BCUT2D eigenvalue weighted by atomic mass is 32.2. The van der Waals surface area contributed by atoms with E-state index in [0.717, 1.165) is 12.8 Å². The zero-order valence-electron chi connectivity index (χ0n) is 13.9. The first kappa shape index (κ1) is 17.9. The molecule has 1 saturated carbocycles. The molecule has 1 fully saturated rings. The van der Waals surface area contributed by atoms with Crippen molar-refractivity contribution in [1.82, 2.24) is 4.31 Å². The number of carbonyl (C=O) groups excluding carboxylic acids is 1. The maximum Gasteiger partial charge on any atom is 0.243 e. The summed E-state index contributed by atoms with van der Waals surface area (Å²) in [5.41, 5.74) is 0.645. The van der Waals surface area contributed by atoms with E-state index in [0.29, 0.717) is 31.1 Å². The fourth-order valence-electron chi connectivity index (χ4n) is 3.11. The lowest BCUT2D eigenvalue weighted by molar-refractivity contribution is -0.117. The van der Waals surface area contributed by atoms with Crippen LogP contribution in [0.4, 0.5) is 5.69 Å². The van der Waals surface area contributed by atoms with Crippen molar-refractivity contribution in [3.8, 4) is 0 Å². The molecule has 0 heterocycles. The predicted molar refractivity (Wildman–Crippen MR) is 91.8 cm³/mol. The van der Waals surface area contributed by atoms with Gasteiger partial charge in [-0.2, -0.15) is 4.31 Å². The van der Waals surface area contributed by atoms with Crippen molar-refractivity contribution in [3.05, 3.63) is 24.3 Å². The van der Waals surface area contributed by atoms with Crippen LogP contribution < -0.4 is 5.32 Å². The number of amides is 1. The van der Waals surface area contributed by atoms with Gasteiger partial charge in [-0.15, -0.1) is 0 Å². The smallest absolute Gasteiger partial charge is 0.243 e. The summed E-state index contributed by atoms with van der Waals surface area (Å²) in [5, 5.41) is 2.86. The summed E-state index contributed by atoms with van der Waals surface area (Å²) in [6, 6.07) is 6.42. The predicted octanol–water partition coefficient (Wildman–Crippen LogP) is 3.24. The topological polar surface area (TPSA) is 66.5 Å². The molecule has 6 heteroatoms. The molecule has 0 aliphatic heterocycles. The maximum absolute atomic E-state index is 12.4.